The molecular weight excluding hydrogens is 252 g/mol. The first-order valence-corrected chi connectivity index (χ1v) is 6.81. The van der Waals surface area contributed by atoms with E-state index in [9.17, 15) is 10.2 Å². The van der Waals surface area contributed by atoms with Crippen LogP contribution in [0.2, 0.25) is 0 Å². The van der Waals surface area contributed by atoms with Crippen LogP contribution < -0.4 is 4.74 Å². The highest BCUT2D eigenvalue weighted by Crippen LogP contribution is 2.16. The average Bonchev–Trinajstić information content (AvgIpc) is 2.45. The van der Waals surface area contributed by atoms with Crippen LogP contribution in [0.1, 0.15) is 24.5 Å². The van der Waals surface area contributed by atoms with Gasteiger partial charge in [0.1, 0.15) is 18.1 Å². The molecule has 0 spiro atoms. The fourth-order valence-corrected chi connectivity index (χ4v) is 1.89. The predicted molar refractivity (Wildman–Crippen MR) is 78.9 cm³/mol. The van der Waals surface area contributed by atoms with Crippen LogP contribution in [0.5, 0.6) is 11.5 Å². The van der Waals surface area contributed by atoms with Crippen molar-refractivity contribution in [3.63, 3.8) is 0 Å². The van der Waals surface area contributed by atoms with Gasteiger partial charge in [0.15, 0.2) is 0 Å². The van der Waals surface area contributed by atoms with Gasteiger partial charge in [-0.1, -0.05) is 24.3 Å². The number of ether oxygens (including phenoxy) is 1. The van der Waals surface area contributed by atoms with E-state index in [0.717, 1.165) is 24.2 Å². The standard InChI is InChI=1S/C17H20O3/c1-13(18)2-3-14-6-10-17(11-7-14)20-12-15-4-8-16(19)9-5-15/h4-11,13,18-19H,2-3,12H2,1H3. The monoisotopic (exact) mass is 272 g/mol. The third kappa shape index (κ3) is 4.59. The maximum atomic E-state index is 9.26. The van der Waals surface area contributed by atoms with Crippen molar-refractivity contribution in [3.8, 4) is 11.5 Å². The van der Waals surface area contributed by atoms with Crippen LogP contribution in [0.15, 0.2) is 48.5 Å². The van der Waals surface area contributed by atoms with E-state index < -0.39 is 0 Å². The molecule has 2 N–H and O–H groups in total. The van der Waals surface area contributed by atoms with E-state index in [1.807, 2.05) is 36.4 Å². The van der Waals surface area contributed by atoms with Gasteiger partial charge in [-0.15, -0.1) is 0 Å². The van der Waals surface area contributed by atoms with E-state index in [2.05, 4.69) is 0 Å². The van der Waals surface area contributed by atoms with Crippen LogP contribution in [0, 0.1) is 0 Å². The molecule has 1 unspecified atom stereocenters. The molecule has 0 aliphatic carbocycles. The van der Waals surface area contributed by atoms with Gasteiger partial charge in [0, 0.05) is 0 Å². The van der Waals surface area contributed by atoms with Crippen LogP contribution in [0.4, 0.5) is 0 Å². The lowest BCUT2D eigenvalue weighted by Gasteiger charge is -2.08. The van der Waals surface area contributed by atoms with Crippen molar-refractivity contribution in [2.45, 2.75) is 32.5 Å². The Morgan fingerprint density at radius 2 is 1.55 bits per heavy atom. The summed E-state index contributed by atoms with van der Waals surface area (Å²) >= 11 is 0. The second kappa shape index (κ2) is 6.96. The Morgan fingerprint density at radius 1 is 0.950 bits per heavy atom. The maximum Gasteiger partial charge on any atom is 0.119 e. The van der Waals surface area contributed by atoms with Crippen molar-refractivity contribution in [2.75, 3.05) is 0 Å². The number of hydrogen-bond acceptors (Lipinski definition) is 3. The number of phenols is 1. The molecule has 3 nitrogen and oxygen atoms in total. The Labute approximate surface area is 119 Å². The average molecular weight is 272 g/mol. The van der Waals surface area contributed by atoms with E-state index in [1.54, 1.807) is 19.1 Å². The normalized spacial score (nSPS) is 12.1. The molecule has 0 aromatic heterocycles. The van der Waals surface area contributed by atoms with Crippen LogP contribution >= 0.6 is 0 Å². The van der Waals surface area contributed by atoms with Gasteiger partial charge in [0.2, 0.25) is 0 Å². The number of hydrogen-bond donors (Lipinski definition) is 2. The third-order valence-electron chi connectivity index (χ3n) is 3.12. The number of aryl methyl sites for hydroxylation is 1. The minimum atomic E-state index is -0.263. The van der Waals surface area contributed by atoms with E-state index in [-0.39, 0.29) is 11.9 Å². The second-order valence-corrected chi connectivity index (χ2v) is 4.99. The summed E-state index contributed by atoms with van der Waals surface area (Å²) in [5.74, 6) is 1.08. The Hall–Kier alpha value is -2.00. The second-order valence-electron chi connectivity index (χ2n) is 4.99. The van der Waals surface area contributed by atoms with Gasteiger partial charge in [0.25, 0.3) is 0 Å². The minimum Gasteiger partial charge on any atom is -0.508 e. The highest BCUT2D eigenvalue weighted by atomic mass is 16.5. The zero-order valence-electron chi connectivity index (χ0n) is 11.6. The van der Waals surface area contributed by atoms with Crippen molar-refractivity contribution in [1.29, 1.82) is 0 Å². The van der Waals surface area contributed by atoms with Crippen molar-refractivity contribution in [3.05, 3.63) is 59.7 Å². The lowest BCUT2D eigenvalue weighted by molar-refractivity contribution is 0.185. The summed E-state index contributed by atoms with van der Waals surface area (Å²) in [6.45, 7) is 2.28. The Morgan fingerprint density at radius 3 is 2.15 bits per heavy atom. The van der Waals surface area contributed by atoms with Crippen LogP contribution in [0.25, 0.3) is 0 Å². The van der Waals surface area contributed by atoms with Crippen molar-refractivity contribution in [1.82, 2.24) is 0 Å². The molecule has 2 aromatic rings. The first kappa shape index (κ1) is 14.4. The lowest BCUT2D eigenvalue weighted by atomic mass is 10.1. The maximum absolute atomic E-state index is 9.26. The number of rotatable bonds is 6. The largest absolute Gasteiger partial charge is 0.508 e. The summed E-state index contributed by atoms with van der Waals surface area (Å²) < 4.78 is 5.68. The molecule has 0 aliphatic rings. The van der Waals surface area contributed by atoms with Crippen molar-refractivity contribution < 1.29 is 14.9 Å². The predicted octanol–water partition coefficient (Wildman–Crippen LogP) is 3.28. The van der Waals surface area contributed by atoms with Crippen LogP contribution in [-0.2, 0) is 13.0 Å². The van der Waals surface area contributed by atoms with Crippen LogP contribution in [0.3, 0.4) is 0 Å². The van der Waals surface area contributed by atoms with Gasteiger partial charge in [-0.3, -0.25) is 0 Å². The summed E-state index contributed by atoms with van der Waals surface area (Å²) in [5, 5.41) is 18.5. The first-order chi connectivity index (χ1) is 9.63. The van der Waals surface area contributed by atoms with Gasteiger partial charge in [0.05, 0.1) is 6.10 Å². The number of aromatic hydroxyl groups is 1. The fraction of sp³-hybridized carbons (Fsp3) is 0.294. The van der Waals surface area contributed by atoms with Gasteiger partial charge >= 0.3 is 0 Å². The summed E-state index contributed by atoms with van der Waals surface area (Å²) in [5.41, 5.74) is 2.21. The minimum absolute atomic E-state index is 0.260. The summed E-state index contributed by atoms with van der Waals surface area (Å²) in [6, 6.07) is 14.9. The summed E-state index contributed by atoms with van der Waals surface area (Å²) in [6.07, 6.45) is 1.38. The fourth-order valence-electron chi connectivity index (χ4n) is 1.89. The molecule has 0 saturated carbocycles. The van der Waals surface area contributed by atoms with Gasteiger partial charge in [-0.25, -0.2) is 0 Å². The molecule has 0 heterocycles. The molecular formula is C17H20O3. The smallest absolute Gasteiger partial charge is 0.119 e. The highest BCUT2D eigenvalue weighted by Gasteiger charge is 2.00. The molecule has 106 valence electrons. The quantitative estimate of drug-likeness (QED) is 0.848. The Bertz CT molecular complexity index is 515. The van der Waals surface area contributed by atoms with E-state index in [4.69, 9.17) is 4.74 Å². The molecule has 0 fully saturated rings. The molecule has 0 radical (unpaired) electrons. The van der Waals surface area contributed by atoms with E-state index >= 15 is 0 Å². The number of phenolic OH excluding ortho intramolecular Hbond substituents is 1. The lowest BCUT2D eigenvalue weighted by Crippen LogP contribution is -2.01. The van der Waals surface area contributed by atoms with E-state index in [0.29, 0.717) is 6.61 Å². The zero-order valence-corrected chi connectivity index (χ0v) is 11.6. The third-order valence-corrected chi connectivity index (χ3v) is 3.12. The molecule has 0 amide bonds. The molecule has 20 heavy (non-hydrogen) atoms. The molecule has 3 heteroatoms. The van der Waals surface area contributed by atoms with Crippen molar-refractivity contribution >= 4 is 0 Å². The molecule has 1 atom stereocenters. The van der Waals surface area contributed by atoms with Crippen LogP contribution in [-0.4, -0.2) is 16.3 Å². The highest BCUT2D eigenvalue weighted by molar-refractivity contribution is 5.29. The Kier molecular flexibility index (Phi) is 5.02. The zero-order chi connectivity index (χ0) is 14.4. The molecule has 0 saturated heterocycles. The topological polar surface area (TPSA) is 49.7 Å². The molecule has 2 rings (SSSR count). The molecule has 0 bridgehead atoms. The summed E-state index contributed by atoms with van der Waals surface area (Å²) in [7, 11) is 0. The van der Waals surface area contributed by atoms with Gasteiger partial charge in [-0.05, 0) is 55.2 Å². The molecule has 2 aromatic carbocycles. The van der Waals surface area contributed by atoms with Crippen molar-refractivity contribution in [2.24, 2.45) is 0 Å². The SMILES string of the molecule is CC(O)CCc1ccc(OCc2ccc(O)cc2)cc1. The molecule has 0 aliphatic heterocycles. The summed E-state index contributed by atoms with van der Waals surface area (Å²) in [4.78, 5) is 0. The Balaban J connectivity index is 1.85. The van der Waals surface area contributed by atoms with E-state index in [1.165, 1.54) is 5.56 Å². The number of benzene rings is 2. The first-order valence-electron chi connectivity index (χ1n) is 6.81. The van der Waals surface area contributed by atoms with Gasteiger partial charge in [-0.2, -0.15) is 0 Å². The number of aliphatic hydroxyl groups excluding tert-OH is 1. The van der Waals surface area contributed by atoms with Gasteiger partial charge < -0.3 is 14.9 Å². The number of aliphatic hydroxyl groups is 1.